The maximum Gasteiger partial charge on any atom is 0.631 e. The van der Waals surface area contributed by atoms with E-state index in [1.807, 2.05) is 18.2 Å². The van der Waals surface area contributed by atoms with E-state index >= 15 is 0 Å². The first-order valence-electron chi connectivity index (χ1n) is 5.09. The molecule has 0 unspecified atom stereocenters. The van der Waals surface area contributed by atoms with Gasteiger partial charge in [-0.3, -0.25) is 15.3 Å². The van der Waals surface area contributed by atoms with E-state index < -0.39 is 7.32 Å². The van der Waals surface area contributed by atoms with Crippen LogP contribution in [-0.2, 0) is 0 Å². The average Bonchev–Trinajstić information content (AvgIpc) is 3.18. The zero-order chi connectivity index (χ0) is 14.2. The average molecular weight is 266 g/mol. The Morgan fingerprint density at radius 2 is 0.895 bits per heavy atom. The molecule has 0 bridgehead atoms. The Balaban J connectivity index is 0.000000229. The summed E-state index contributed by atoms with van der Waals surface area (Å²) in [6, 6.07) is 5.50. The van der Waals surface area contributed by atoms with Crippen molar-refractivity contribution in [1.82, 2.24) is 30.6 Å². The van der Waals surface area contributed by atoms with E-state index in [-0.39, 0.29) is 0 Å². The van der Waals surface area contributed by atoms with Crippen molar-refractivity contribution >= 4 is 7.32 Å². The summed E-state index contributed by atoms with van der Waals surface area (Å²) in [6.07, 6.45) is 10.4. The molecule has 0 fully saturated rings. The fraction of sp³-hybridized carbons (Fsp3) is 0. The van der Waals surface area contributed by atoms with E-state index in [1.54, 1.807) is 37.2 Å². The van der Waals surface area contributed by atoms with E-state index in [2.05, 4.69) is 30.6 Å². The van der Waals surface area contributed by atoms with E-state index in [1.165, 1.54) is 0 Å². The predicted molar refractivity (Wildman–Crippen MR) is 68.2 cm³/mol. The lowest BCUT2D eigenvalue weighted by Gasteiger charge is -1.69. The Morgan fingerprint density at radius 1 is 0.632 bits per heavy atom. The lowest BCUT2D eigenvalue weighted by atomic mass is 10.3. The van der Waals surface area contributed by atoms with Crippen LogP contribution in [0, 0.1) is 0 Å². The van der Waals surface area contributed by atoms with Gasteiger partial charge in [-0.2, -0.15) is 15.3 Å². The van der Waals surface area contributed by atoms with Gasteiger partial charge in [0.15, 0.2) is 0 Å². The first-order valence-corrected chi connectivity index (χ1v) is 5.09. The van der Waals surface area contributed by atoms with Crippen molar-refractivity contribution in [3.63, 3.8) is 0 Å². The van der Waals surface area contributed by atoms with Gasteiger partial charge >= 0.3 is 7.32 Å². The number of nitrogens with zero attached hydrogens (tertiary/aromatic N) is 3. The van der Waals surface area contributed by atoms with E-state index in [9.17, 15) is 0 Å². The summed E-state index contributed by atoms with van der Waals surface area (Å²) in [5.41, 5.74) is 0. The molecular weight excluding hydrogens is 251 g/mol. The molecule has 0 saturated carbocycles. The van der Waals surface area contributed by atoms with Gasteiger partial charge in [0.1, 0.15) is 0 Å². The Kier molecular flexibility index (Phi) is 11.9. The van der Waals surface area contributed by atoms with Crippen molar-refractivity contribution in [3.8, 4) is 0 Å². The van der Waals surface area contributed by atoms with Crippen LogP contribution in [0.15, 0.2) is 55.4 Å². The highest BCUT2D eigenvalue weighted by Gasteiger charge is 1.92. The van der Waals surface area contributed by atoms with Crippen LogP contribution in [0.5, 0.6) is 0 Å². The molecule has 9 nitrogen and oxygen atoms in total. The molecule has 0 spiro atoms. The summed E-state index contributed by atoms with van der Waals surface area (Å²) in [6.45, 7) is 0. The first kappa shape index (κ1) is 16.6. The molecule has 3 rings (SSSR count). The molecule has 3 heterocycles. The minimum Gasteiger partial charge on any atom is -0.402 e. The quantitative estimate of drug-likeness (QED) is 0.293. The van der Waals surface area contributed by atoms with Gasteiger partial charge in [0.05, 0.1) is 0 Å². The Bertz CT molecular complexity index is 300. The van der Waals surface area contributed by atoms with Crippen LogP contribution in [0.3, 0.4) is 0 Å². The highest BCUT2D eigenvalue weighted by Crippen LogP contribution is 1.65. The van der Waals surface area contributed by atoms with Crippen molar-refractivity contribution in [2.45, 2.75) is 0 Å². The fourth-order valence-corrected chi connectivity index (χ4v) is 0.645. The number of aromatic amines is 3. The minimum atomic E-state index is -2.17. The van der Waals surface area contributed by atoms with Crippen LogP contribution in [0.4, 0.5) is 0 Å². The molecule has 6 N–H and O–H groups in total. The van der Waals surface area contributed by atoms with Crippen molar-refractivity contribution in [1.29, 1.82) is 0 Å². The van der Waals surface area contributed by atoms with Gasteiger partial charge in [0.25, 0.3) is 0 Å². The summed E-state index contributed by atoms with van der Waals surface area (Å²) in [5, 5.41) is 40.1. The molecule has 102 valence electrons. The first-order chi connectivity index (χ1) is 9.23. The smallest absolute Gasteiger partial charge is 0.402 e. The van der Waals surface area contributed by atoms with Crippen molar-refractivity contribution < 1.29 is 15.1 Å². The monoisotopic (exact) mass is 266 g/mol. The van der Waals surface area contributed by atoms with E-state index in [0.29, 0.717) is 0 Å². The third-order valence-corrected chi connectivity index (χ3v) is 1.22. The molecule has 10 heteroatoms. The summed E-state index contributed by atoms with van der Waals surface area (Å²) in [5.74, 6) is 0. The maximum atomic E-state index is 7.17. The lowest BCUT2D eigenvalue weighted by molar-refractivity contribution is 0.278. The molecule has 0 aromatic carbocycles. The number of H-pyrrole nitrogens is 3. The second-order valence-corrected chi connectivity index (χ2v) is 2.65. The number of rotatable bonds is 0. The molecule has 3 aromatic heterocycles. The topological polar surface area (TPSA) is 147 Å². The zero-order valence-corrected chi connectivity index (χ0v) is 9.96. The van der Waals surface area contributed by atoms with Gasteiger partial charge < -0.3 is 15.1 Å². The van der Waals surface area contributed by atoms with Crippen molar-refractivity contribution in [3.05, 3.63) is 55.4 Å². The number of nitrogens with one attached hydrogen (secondary N) is 3. The highest BCUT2D eigenvalue weighted by atomic mass is 16.5. The Morgan fingerprint density at radius 3 is 0.947 bits per heavy atom. The van der Waals surface area contributed by atoms with E-state index in [0.717, 1.165) is 0 Å². The number of hydrogen-bond acceptors (Lipinski definition) is 6. The SMILES string of the molecule is OB(O)O.c1cn[nH]c1.c1cn[nH]c1.c1cn[nH]c1. The second-order valence-electron chi connectivity index (χ2n) is 2.65. The molecule has 0 aliphatic carbocycles. The lowest BCUT2D eigenvalue weighted by Crippen LogP contribution is -2.07. The molecule has 0 aliphatic rings. The Labute approximate surface area is 109 Å². The van der Waals surface area contributed by atoms with E-state index in [4.69, 9.17) is 15.1 Å². The third-order valence-electron chi connectivity index (χ3n) is 1.22. The van der Waals surface area contributed by atoms with Crippen LogP contribution >= 0.6 is 0 Å². The summed E-state index contributed by atoms with van der Waals surface area (Å²) < 4.78 is 0. The van der Waals surface area contributed by atoms with Gasteiger partial charge in [-0.05, 0) is 18.2 Å². The molecule has 0 aliphatic heterocycles. The fourth-order valence-electron chi connectivity index (χ4n) is 0.645. The molecular formula is C9H15BN6O3. The van der Waals surface area contributed by atoms with Crippen LogP contribution in [0.2, 0.25) is 0 Å². The summed E-state index contributed by atoms with van der Waals surface area (Å²) in [4.78, 5) is 0. The minimum absolute atomic E-state index is 1.69. The maximum absolute atomic E-state index is 7.17. The number of hydrogen-bond donors (Lipinski definition) is 6. The molecule has 3 aromatic rings. The van der Waals surface area contributed by atoms with Gasteiger partial charge in [-0.15, -0.1) is 0 Å². The molecule has 0 radical (unpaired) electrons. The van der Waals surface area contributed by atoms with Gasteiger partial charge in [0.2, 0.25) is 0 Å². The van der Waals surface area contributed by atoms with Gasteiger partial charge in [0, 0.05) is 37.2 Å². The molecule has 0 amide bonds. The van der Waals surface area contributed by atoms with Crippen LogP contribution in [0.1, 0.15) is 0 Å². The second kappa shape index (κ2) is 13.6. The van der Waals surface area contributed by atoms with Crippen molar-refractivity contribution in [2.75, 3.05) is 0 Å². The largest absolute Gasteiger partial charge is 0.631 e. The third kappa shape index (κ3) is 18.2. The number of aromatic nitrogens is 6. The molecule has 19 heavy (non-hydrogen) atoms. The Hall–Kier alpha value is -2.43. The molecule has 0 atom stereocenters. The van der Waals surface area contributed by atoms with Crippen molar-refractivity contribution in [2.24, 2.45) is 0 Å². The van der Waals surface area contributed by atoms with Crippen LogP contribution < -0.4 is 0 Å². The normalized spacial score (nSPS) is 7.74. The highest BCUT2D eigenvalue weighted by molar-refractivity contribution is 6.30. The van der Waals surface area contributed by atoms with Crippen LogP contribution in [0.25, 0.3) is 0 Å². The van der Waals surface area contributed by atoms with Gasteiger partial charge in [-0.25, -0.2) is 0 Å². The summed E-state index contributed by atoms with van der Waals surface area (Å²) >= 11 is 0. The standard InChI is InChI=1S/3C3H4N2.BH3O3/c3*1-2-4-5-3-1;2-1(3)4/h3*1-3H,(H,4,5);2-4H. The zero-order valence-electron chi connectivity index (χ0n) is 9.96. The van der Waals surface area contributed by atoms with Gasteiger partial charge in [-0.1, -0.05) is 0 Å². The molecule has 0 saturated heterocycles. The summed E-state index contributed by atoms with van der Waals surface area (Å²) in [7, 11) is -2.17. The van der Waals surface area contributed by atoms with Crippen LogP contribution in [-0.4, -0.2) is 53.0 Å². The predicted octanol–water partition coefficient (Wildman–Crippen LogP) is -0.823.